The van der Waals surface area contributed by atoms with Crippen molar-refractivity contribution in [3.05, 3.63) is 64.7 Å². The van der Waals surface area contributed by atoms with Crippen molar-refractivity contribution in [3.63, 3.8) is 0 Å². The molecule has 2 aromatic rings. The van der Waals surface area contributed by atoms with E-state index >= 15 is 0 Å². The highest BCUT2D eigenvalue weighted by molar-refractivity contribution is 5.95. The third-order valence-corrected chi connectivity index (χ3v) is 4.50. The molecule has 1 aliphatic heterocycles. The van der Waals surface area contributed by atoms with Gasteiger partial charge in [-0.25, -0.2) is 4.79 Å². The highest BCUT2D eigenvalue weighted by Crippen LogP contribution is 2.22. The molecule has 0 aliphatic carbocycles. The quantitative estimate of drug-likeness (QED) is 0.783. The molecule has 0 aromatic heterocycles. The van der Waals surface area contributed by atoms with Gasteiger partial charge in [0.15, 0.2) is 0 Å². The number of rotatable bonds is 7. The first-order chi connectivity index (χ1) is 13.0. The zero-order valence-electron chi connectivity index (χ0n) is 15.2. The molecule has 1 aliphatic rings. The smallest absolute Gasteiger partial charge is 0.335 e. The lowest BCUT2D eigenvalue weighted by atomic mass is 10.1. The van der Waals surface area contributed by atoms with Crippen LogP contribution < -0.4 is 10.1 Å². The van der Waals surface area contributed by atoms with Gasteiger partial charge in [0.05, 0.1) is 11.7 Å². The van der Waals surface area contributed by atoms with Gasteiger partial charge in [0.25, 0.3) is 5.91 Å². The zero-order valence-corrected chi connectivity index (χ0v) is 15.2. The number of amides is 1. The first kappa shape index (κ1) is 18.9. The van der Waals surface area contributed by atoms with Crippen LogP contribution >= 0.6 is 0 Å². The lowest BCUT2D eigenvalue weighted by Gasteiger charge is -2.16. The van der Waals surface area contributed by atoms with Crippen molar-refractivity contribution in [1.29, 1.82) is 0 Å². The summed E-state index contributed by atoms with van der Waals surface area (Å²) in [5.41, 5.74) is 2.52. The van der Waals surface area contributed by atoms with Crippen LogP contribution in [-0.2, 0) is 11.3 Å². The second kappa shape index (κ2) is 8.68. The number of benzene rings is 2. The molecule has 2 aromatic carbocycles. The van der Waals surface area contributed by atoms with Crippen LogP contribution in [0.2, 0.25) is 0 Å². The average Bonchev–Trinajstić information content (AvgIpc) is 3.19. The predicted molar refractivity (Wildman–Crippen MR) is 100 cm³/mol. The van der Waals surface area contributed by atoms with Crippen molar-refractivity contribution in [3.8, 4) is 5.75 Å². The number of ether oxygens (including phenoxy) is 2. The van der Waals surface area contributed by atoms with E-state index < -0.39 is 5.97 Å². The Kier molecular flexibility index (Phi) is 6.08. The van der Waals surface area contributed by atoms with Crippen molar-refractivity contribution < 1.29 is 24.2 Å². The summed E-state index contributed by atoms with van der Waals surface area (Å²) in [5, 5.41) is 11.8. The van der Waals surface area contributed by atoms with Gasteiger partial charge >= 0.3 is 5.97 Å². The second-order valence-corrected chi connectivity index (χ2v) is 6.62. The van der Waals surface area contributed by atoms with E-state index in [9.17, 15) is 9.59 Å². The Balaban J connectivity index is 1.62. The summed E-state index contributed by atoms with van der Waals surface area (Å²) in [6, 6.07) is 11.7. The molecule has 6 heteroatoms. The molecule has 0 spiro atoms. The molecule has 3 rings (SSSR count). The second-order valence-electron chi connectivity index (χ2n) is 6.62. The number of carbonyl (C=O) groups excluding carboxylic acids is 1. The van der Waals surface area contributed by atoms with Crippen LogP contribution in [0, 0.1) is 6.92 Å². The Morgan fingerprint density at radius 2 is 1.93 bits per heavy atom. The monoisotopic (exact) mass is 369 g/mol. The van der Waals surface area contributed by atoms with Gasteiger partial charge < -0.3 is 19.9 Å². The number of carbonyl (C=O) groups is 2. The van der Waals surface area contributed by atoms with E-state index in [0.29, 0.717) is 18.7 Å². The fraction of sp³-hybridized carbons (Fsp3) is 0.333. The van der Waals surface area contributed by atoms with Crippen LogP contribution in [0.3, 0.4) is 0 Å². The maximum Gasteiger partial charge on any atom is 0.335 e. The topological polar surface area (TPSA) is 84.9 Å². The Bertz CT molecular complexity index is 810. The van der Waals surface area contributed by atoms with Gasteiger partial charge in [-0.3, -0.25) is 4.79 Å². The van der Waals surface area contributed by atoms with Gasteiger partial charge in [0.1, 0.15) is 12.4 Å². The normalized spacial score (nSPS) is 16.1. The lowest BCUT2D eigenvalue weighted by Crippen LogP contribution is -2.24. The van der Waals surface area contributed by atoms with Crippen LogP contribution in [0.25, 0.3) is 0 Å². The Hall–Kier alpha value is -2.86. The van der Waals surface area contributed by atoms with E-state index in [0.717, 1.165) is 36.3 Å². The predicted octanol–water partition coefficient (Wildman–Crippen LogP) is 3.18. The van der Waals surface area contributed by atoms with E-state index in [4.69, 9.17) is 14.6 Å². The minimum atomic E-state index is -1.02. The summed E-state index contributed by atoms with van der Waals surface area (Å²) in [7, 11) is 0. The highest BCUT2D eigenvalue weighted by atomic mass is 16.5. The van der Waals surface area contributed by atoms with Crippen LogP contribution in [0.5, 0.6) is 5.75 Å². The maximum absolute atomic E-state index is 12.3. The Morgan fingerprint density at radius 1 is 1.19 bits per heavy atom. The fourth-order valence-electron chi connectivity index (χ4n) is 2.94. The Labute approximate surface area is 158 Å². The molecule has 2 N–H and O–H groups in total. The minimum Gasteiger partial charge on any atom is -0.491 e. The highest BCUT2D eigenvalue weighted by Gasteiger charge is 2.17. The standard InChI is InChI=1S/C21H23NO5/c1-14-4-5-17(19(11-14)27-13-18-3-2-10-26-18)12-22-20(23)15-6-8-16(9-7-15)21(24)25/h4-9,11,18H,2-3,10,12-13H2,1H3,(H,22,23)(H,24,25). The third kappa shape index (κ3) is 5.08. The van der Waals surface area contributed by atoms with E-state index in [1.165, 1.54) is 24.3 Å². The first-order valence-corrected chi connectivity index (χ1v) is 8.98. The van der Waals surface area contributed by atoms with Crippen molar-refractivity contribution in [2.45, 2.75) is 32.4 Å². The number of hydrogen-bond donors (Lipinski definition) is 2. The van der Waals surface area contributed by atoms with Crippen LogP contribution in [-0.4, -0.2) is 36.3 Å². The number of nitrogens with one attached hydrogen (secondary N) is 1. The molecule has 0 bridgehead atoms. The molecule has 1 heterocycles. The largest absolute Gasteiger partial charge is 0.491 e. The van der Waals surface area contributed by atoms with Gasteiger partial charge in [-0.2, -0.15) is 0 Å². The molecule has 1 unspecified atom stereocenters. The average molecular weight is 369 g/mol. The Morgan fingerprint density at radius 3 is 2.59 bits per heavy atom. The summed E-state index contributed by atoms with van der Waals surface area (Å²) in [6.07, 6.45) is 2.19. The van der Waals surface area contributed by atoms with Crippen LogP contribution in [0.15, 0.2) is 42.5 Å². The molecule has 0 radical (unpaired) electrons. The maximum atomic E-state index is 12.3. The molecular formula is C21H23NO5. The number of carboxylic acids is 1. The number of aryl methyl sites for hydroxylation is 1. The van der Waals surface area contributed by atoms with Gasteiger partial charge in [0.2, 0.25) is 0 Å². The minimum absolute atomic E-state index is 0.126. The molecule has 1 amide bonds. The van der Waals surface area contributed by atoms with Crippen molar-refractivity contribution in [2.24, 2.45) is 0 Å². The van der Waals surface area contributed by atoms with E-state index in [1.807, 2.05) is 25.1 Å². The molecule has 27 heavy (non-hydrogen) atoms. The molecule has 1 saturated heterocycles. The fourth-order valence-corrected chi connectivity index (χ4v) is 2.94. The molecule has 1 fully saturated rings. The number of aromatic carboxylic acids is 1. The van der Waals surface area contributed by atoms with E-state index in [1.54, 1.807) is 0 Å². The first-order valence-electron chi connectivity index (χ1n) is 8.98. The molecule has 1 atom stereocenters. The van der Waals surface area contributed by atoms with Crippen molar-refractivity contribution in [2.75, 3.05) is 13.2 Å². The van der Waals surface area contributed by atoms with E-state index in [2.05, 4.69) is 5.32 Å². The van der Waals surface area contributed by atoms with Gasteiger partial charge in [-0.1, -0.05) is 12.1 Å². The van der Waals surface area contributed by atoms with Gasteiger partial charge in [0, 0.05) is 24.3 Å². The van der Waals surface area contributed by atoms with Crippen molar-refractivity contribution in [1.82, 2.24) is 5.32 Å². The number of carboxylic acid groups (broad SMARTS) is 1. The van der Waals surface area contributed by atoms with E-state index in [-0.39, 0.29) is 17.6 Å². The third-order valence-electron chi connectivity index (χ3n) is 4.50. The summed E-state index contributed by atoms with van der Waals surface area (Å²) < 4.78 is 11.5. The zero-order chi connectivity index (χ0) is 19.2. The summed E-state index contributed by atoms with van der Waals surface area (Å²) in [4.78, 5) is 23.2. The molecule has 0 saturated carbocycles. The molecule has 142 valence electrons. The lowest BCUT2D eigenvalue weighted by molar-refractivity contribution is 0.0675. The summed E-state index contributed by atoms with van der Waals surface area (Å²) >= 11 is 0. The SMILES string of the molecule is Cc1ccc(CNC(=O)c2ccc(C(=O)O)cc2)c(OCC2CCCO2)c1. The van der Waals surface area contributed by atoms with Gasteiger partial charge in [-0.05, 0) is 55.7 Å². The van der Waals surface area contributed by atoms with Crippen molar-refractivity contribution >= 4 is 11.9 Å². The van der Waals surface area contributed by atoms with Crippen LogP contribution in [0.4, 0.5) is 0 Å². The number of hydrogen-bond acceptors (Lipinski definition) is 4. The summed E-state index contributed by atoms with van der Waals surface area (Å²) in [6.45, 7) is 3.60. The van der Waals surface area contributed by atoms with Crippen LogP contribution in [0.1, 0.15) is 44.7 Å². The van der Waals surface area contributed by atoms with Gasteiger partial charge in [-0.15, -0.1) is 0 Å². The molecule has 6 nitrogen and oxygen atoms in total. The summed E-state index contributed by atoms with van der Waals surface area (Å²) in [5.74, 6) is -0.542. The molecular weight excluding hydrogens is 346 g/mol.